The smallest absolute Gasteiger partial charge is 0.387 e. The van der Waals surface area contributed by atoms with E-state index in [1.54, 1.807) is 0 Å². The molecule has 0 saturated heterocycles. The Morgan fingerprint density at radius 1 is 1.43 bits per heavy atom. The van der Waals surface area contributed by atoms with Crippen LogP contribution >= 0.6 is 0 Å². The molecule has 0 heterocycles. The van der Waals surface area contributed by atoms with Gasteiger partial charge in [0.15, 0.2) is 11.6 Å². The fraction of sp³-hybridized carbons (Fsp3) is 0.500. The number of anilines is 1. The number of nitrogens with one attached hydrogen (secondary N) is 1. The van der Waals surface area contributed by atoms with Gasteiger partial charge in [-0.3, -0.25) is 4.79 Å². The average molecular weight is 302 g/mol. The molecule has 0 radical (unpaired) electrons. The predicted octanol–water partition coefficient (Wildman–Crippen LogP) is 2.88. The van der Waals surface area contributed by atoms with Crippen LogP contribution in [0.2, 0.25) is 0 Å². The Bertz CT molecular complexity index is 511. The minimum atomic E-state index is -3.09. The zero-order valence-electron chi connectivity index (χ0n) is 11.3. The number of carbonyl (C=O) groups is 1. The number of carbonyl (C=O) groups excluding carboxylic acids is 1. The first-order chi connectivity index (χ1) is 9.95. The van der Waals surface area contributed by atoms with Crippen molar-refractivity contribution in [1.29, 1.82) is 0 Å². The van der Waals surface area contributed by atoms with Gasteiger partial charge >= 0.3 is 6.61 Å². The van der Waals surface area contributed by atoms with Gasteiger partial charge in [0, 0.05) is 24.2 Å². The lowest BCUT2D eigenvalue weighted by atomic mass is 10.00. The largest absolute Gasteiger partial charge is 0.432 e. The molecule has 1 aliphatic carbocycles. The lowest BCUT2D eigenvalue weighted by Gasteiger charge is -2.15. The Labute approximate surface area is 120 Å². The minimum absolute atomic E-state index is 0.0225. The Kier molecular flexibility index (Phi) is 5.06. The maximum Gasteiger partial charge on any atom is 0.387 e. The second-order valence-electron chi connectivity index (χ2n) is 5.13. The van der Waals surface area contributed by atoms with E-state index in [2.05, 4.69) is 10.1 Å². The van der Waals surface area contributed by atoms with Gasteiger partial charge in [0.1, 0.15) is 0 Å². The van der Waals surface area contributed by atoms with Crippen LogP contribution < -0.4 is 15.8 Å². The van der Waals surface area contributed by atoms with E-state index in [0.29, 0.717) is 0 Å². The summed E-state index contributed by atoms with van der Waals surface area (Å²) in [6.45, 7) is -3.09. The molecule has 0 unspecified atom stereocenters. The normalized spacial score (nSPS) is 21.6. The molecule has 1 fully saturated rings. The van der Waals surface area contributed by atoms with E-state index in [0.717, 1.165) is 31.4 Å². The summed E-state index contributed by atoms with van der Waals surface area (Å²) in [4.78, 5) is 11.8. The molecule has 1 aromatic carbocycles. The number of halogens is 3. The first-order valence-electron chi connectivity index (χ1n) is 6.75. The monoisotopic (exact) mass is 302 g/mol. The van der Waals surface area contributed by atoms with Gasteiger partial charge in [-0.15, -0.1) is 0 Å². The molecular formula is C14H17F3N2O2. The molecule has 1 aromatic rings. The molecule has 4 nitrogen and oxygen atoms in total. The number of amides is 1. The van der Waals surface area contributed by atoms with Gasteiger partial charge in [0.25, 0.3) is 0 Å². The standard InChI is InChI=1S/C14H17F3N2O2/c15-10-7-9(4-5-12(10)21-14(16)17)19-13(20)6-8-2-1-3-11(8)18/h4-5,7-8,11,14H,1-3,6,18H2,(H,19,20)/t8-,11+/m0/s1. The van der Waals surface area contributed by atoms with E-state index < -0.39 is 18.2 Å². The van der Waals surface area contributed by atoms with Gasteiger partial charge in [-0.05, 0) is 30.9 Å². The average Bonchev–Trinajstić information content (AvgIpc) is 2.78. The lowest BCUT2D eigenvalue weighted by Crippen LogP contribution is -2.28. The number of benzene rings is 1. The summed E-state index contributed by atoms with van der Waals surface area (Å²) >= 11 is 0. The first-order valence-corrected chi connectivity index (χ1v) is 6.75. The summed E-state index contributed by atoms with van der Waals surface area (Å²) in [5, 5.41) is 2.53. The maximum atomic E-state index is 13.5. The van der Waals surface area contributed by atoms with Crippen LogP contribution in [0.4, 0.5) is 18.9 Å². The van der Waals surface area contributed by atoms with Gasteiger partial charge in [-0.1, -0.05) is 6.42 Å². The molecule has 1 aliphatic rings. The highest BCUT2D eigenvalue weighted by Gasteiger charge is 2.26. The molecule has 7 heteroatoms. The van der Waals surface area contributed by atoms with Gasteiger partial charge in [-0.25, -0.2) is 4.39 Å². The van der Waals surface area contributed by atoms with Crippen molar-refractivity contribution in [2.45, 2.75) is 38.3 Å². The third-order valence-electron chi connectivity index (χ3n) is 3.60. The van der Waals surface area contributed by atoms with Gasteiger partial charge < -0.3 is 15.8 Å². The van der Waals surface area contributed by atoms with Crippen LogP contribution in [0.3, 0.4) is 0 Å². The molecule has 2 atom stereocenters. The second kappa shape index (κ2) is 6.80. The molecule has 0 aromatic heterocycles. The third kappa shape index (κ3) is 4.35. The van der Waals surface area contributed by atoms with Gasteiger partial charge in [-0.2, -0.15) is 8.78 Å². The highest BCUT2D eigenvalue weighted by Crippen LogP contribution is 2.28. The van der Waals surface area contributed by atoms with E-state index in [1.807, 2.05) is 0 Å². The van der Waals surface area contributed by atoms with E-state index in [-0.39, 0.29) is 30.0 Å². The summed E-state index contributed by atoms with van der Waals surface area (Å²) in [7, 11) is 0. The summed E-state index contributed by atoms with van der Waals surface area (Å²) in [6, 6.07) is 3.34. The molecule has 0 bridgehead atoms. The van der Waals surface area contributed by atoms with Crippen molar-refractivity contribution in [3.63, 3.8) is 0 Å². The van der Waals surface area contributed by atoms with Gasteiger partial charge in [0.2, 0.25) is 5.91 Å². The quantitative estimate of drug-likeness (QED) is 0.879. The van der Waals surface area contributed by atoms with Crippen molar-refractivity contribution in [3.05, 3.63) is 24.0 Å². The second-order valence-corrected chi connectivity index (χ2v) is 5.13. The molecular weight excluding hydrogens is 285 g/mol. The molecule has 1 amide bonds. The van der Waals surface area contributed by atoms with E-state index in [4.69, 9.17) is 5.73 Å². The first kappa shape index (κ1) is 15.6. The number of hydrogen-bond donors (Lipinski definition) is 2. The highest BCUT2D eigenvalue weighted by molar-refractivity contribution is 5.91. The fourth-order valence-electron chi connectivity index (χ4n) is 2.54. The SMILES string of the molecule is N[C@@H]1CCC[C@H]1CC(=O)Nc1ccc(OC(F)F)c(F)c1. The van der Waals surface area contributed by atoms with Crippen LogP contribution in [0.1, 0.15) is 25.7 Å². The summed E-state index contributed by atoms with van der Waals surface area (Å²) < 4.78 is 41.5. The molecule has 2 rings (SSSR count). The minimum Gasteiger partial charge on any atom is -0.432 e. The molecule has 21 heavy (non-hydrogen) atoms. The predicted molar refractivity (Wildman–Crippen MR) is 71.6 cm³/mol. The van der Waals surface area contributed by atoms with Crippen LogP contribution in [0, 0.1) is 11.7 Å². The summed E-state index contributed by atoms with van der Waals surface area (Å²) in [5.41, 5.74) is 6.08. The fourth-order valence-corrected chi connectivity index (χ4v) is 2.54. The van der Waals surface area contributed by atoms with Gasteiger partial charge in [0.05, 0.1) is 0 Å². The van der Waals surface area contributed by atoms with Crippen LogP contribution in [0.15, 0.2) is 18.2 Å². The van der Waals surface area contributed by atoms with Crippen LogP contribution in [0.5, 0.6) is 5.75 Å². The molecule has 116 valence electrons. The number of rotatable bonds is 5. The molecule has 0 aliphatic heterocycles. The molecule has 1 saturated carbocycles. The van der Waals surface area contributed by atoms with Crippen molar-refractivity contribution >= 4 is 11.6 Å². The van der Waals surface area contributed by atoms with E-state index >= 15 is 0 Å². The highest BCUT2D eigenvalue weighted by atomic mass is 19.3. The number of nitrogens with two attached hydrogens (primary N) is 1. The van der Waals surface area contributed by atoms with E-state index in [1.165, 1.54) is 6.07 Å². The molecule has 0 spiro atoms. The Hall–Kier alpha value is -1.76. The Morgan fingerprint density at radius 3 is 2.76 bits per heavy atom. The van der Waals surface area contributed by atoms with Crippen LogP contribution in [-0.4, -0.2) is 18.6 Å². The van der Waals surface area contributed by atoms with Crippen molar-refractivity contribution < 1.29 is 22.7 Å². The van der Waals surface area contributed by atoms with Crippen molar-refractivity contribution in [2.24, 2.45) is 11.7 Å². The topological polar surface area (TPSA) is 64.4 Å². The zero-order valence-corrected chi connectivity index (χ0v) is 11.3. The lowest BCUT2D eigenvalue weighted by molar-refractivity contribution is -0.117. The van der Waals surface area contributed by atoms with Crippen molar-refractivity contribution in [1.82, 2.24) is 0 Å². The van der Waals surface area contributed by atoms with E-state index in [9.17, 15) is 18.0 Å². The molecule has 3 N–H and O–H groups in total. The third-order valence-corrected chi connectivity index (χ3v) is 3.60. The van der Waals surface area contributed by atoms with Crippen LogP contribution in [0.25, 0.3) is 0 Å². The summed E-state index contributed by atoms with van der Waals surface area (Å²) in [6.07, 6.45) is 3.10. The number of alkyl halides is 2. The van der Waals surface area contributed by atoms with Crippen molar-refractivity contribution in [3.8, 4) is 5.75 Å². The number of ether oxygens (including phenoxy) is 1. The summed E-state index contributed by atoms with van der Waals surface area (Å²) in [5.74, 6) is -1.64. The number of hydrogen-bond acceptors (Lipinski definition) is 3. The maximum absolute atomic E-state index is 13.5. The Balaban J connectivity index is 1.93. The zero-order chi connectivity index (χ0) is 15.4. The van der Waals surface area contributed by atoms with Crippen LogP contribution in [-0.2, 0) is 4.79 Å². The Morgan fingerprint density at radius 2 is 2.19 bits per heavy atom. The van der Waals surface area contributed by atoms with Crippen molar-refractivity contribution in [2.75, 3.05) is 5.32 Å².